The summed E-state index contributed by atoms with van der Waals surface area (Å²) in [6.45, 7) is 19.2. The van der Waals surface area contributed by atoms with E-state index >= 15 is 0 Å². The number of aryl methyl sites for hydroxylation is 2. The van der Waals surface area contributed by atoms with Crippen LogP contribution in [0.25, 0.3) is 44.1 Å². The molecule has 316 valence electrons. The molecule has 0 saturated carbocycles. The van der Waals surface area contributed by atoms with Crippen molar-refractivity contribution in [2.24, 2.45) is 0 Å². The number of carbonyl (C=O) groups excluding carboxylic acids is 2. The molecule has 2 aliphatic carbocycles. The number of nitrogens with zero attached hydrogens (tertiary/aromatic N) is 4. The molecule has 0 bridgehead atoms. The van der Waals surface area contributed by atoms with E-state index in [1.165, 1.54) is 0 Å². The Morgan fingerprint density at radius 2 is 1.10 bits per heavy atom. The summed E-state index contributed by atoms with van der Waals surface area (Å²) in [5.74, 6) is -0.270. The Labute approximate surface area is 376 Å². The number of ketones is 2. The van der Waals surface area contributed by atoms with Crippen LogP contribution in [0.1, 0.15) is 67.8 Å². The van der Waals surface area contributed by atoms with Gasteiger partial charge in [0.1, 0.15) is 12.3 Å². The van der Waals surface area contributed by atoms with Gasteiger partial charge in [0.25, 0.3) is 0 Å². The van der Waals surface area contributed by atoms with E-state index < -0.39 is 0 Å². The number of aliphatic hydroxyl groups excluding tert-OH is 1. The maximum absolute atomic E-state index is 13.6. The Morgan fingerprint density at radius 1 is 0.635 bits per heavy atom. The van der Waals surface area contributed by atoms with Gasteiger partial charge in [0.15, 0.2) is 23.8 Å². The summed E-state index contributed by atoms with van der Waals surface area (Å²) in [5, 5.41) is 27.7. The fourth-order valence-corrected chi connectivity index (χ4v) is 10.6. The Hall–Kier alpha value is -6.58. The molecule has 0 amide bonds. The minimum Gasteiger partial charge on any atom is -0.871 e. The number of fused-ring (bicyclic) bond motifs is 4. The zero-order valence-corrected chi connectivity index (χ0v) is 38.2. The fourth-order valence-electron chi connectivity index (χ4n) is 10.4. The summed E-state index contributed by atoms with van der Waals surface area (Å²) in [6.07, 6.45) is 2.82. The topological polar surface area (TPSA) is 93.3 Å². The van der Waals surface area contributed by atoms with Gasteiger partial charge in [-0.25, -0.2) is 0 Å². The summed E-state index contributed by atoms with van der Waals surface area (Å²) in [7, 11) is 0. The molecule has 0 fully saturated rings. The second-order valence-corrected chi connectivity index (χ2v) is 17.1. The first-order valence-corrected chi connectivity index (χ1v) is 22.8. The van der Waals surface area contributed by atoms with Gasteiger partial charge in [0.05, 0.1) is 33.4 Å². The van der Waals surface area contributed by atoms with Crippen LogP contribution < -0.4 is 5.11 Å². The number of para-hydroxylation sites is 4. The zero-order chi connectivity index (χ0) is 44.4. The summed E-state index contributed by atoms with van der Waals surface area (Å²) in [6, 6.07) is 32.2. The van der Waals surface area contributed by atoms with Gasteiger partial charge in [-0.2, -0.15) is 9.15 Å². The number of benzene rings is 4. The summed E-state index contributed by atoms with van der Waals surface area (Å²) in [4.78, 5) is 27.1. The molecule has 8 nitrogen and oxygen atoms in total. The highest BCUT2D eigenvalue weighted by molar-refractivity contribution is 9.09. The van der Waals surface area contributed by atoms with Gasteiger partial charge in [-0.1, -0.05) is 88.9 Å². The molecular weight excluding hydrogens is 849 g/mol. The van der Waals surface area contributed by atoms with Gasteiger partial charge in [0, 0.05) is 106 Å². The lowest BCUT2D eigenvalue weighted by molar-refractivity contribution is -0.436. The molecule has 2 aromatic heterocycles. The highest BCUT2D eigenvalue weighted by Gasteiger charge is 2.45. The molecule has 63 heavy (non-hydrogen) atoms. The molecular formula is C54H50BrN4O4+. The van der Waals surface area contributed by atoms with Crippen LogP contribution in [-0.4, -0.2) is 64.8 Å². The molecule has 0 radical (unpaired) electrons. The van der Waals surface area contributed by atoms with E-state index in [2.05, 4.69) is 66.8 Å². The van der Waals surface area contributed by atoms with E-state index in [4.69, 9.17) is 0 Å². The lowest BCUT2D eigenvalue weighted by Crippen LogP contribution is -2.31. The van der Waals surface area contributed by atoms with Crippen LogP contribution in [-0.2, 0) is 22.7 Å². The molecule has 4 heterocycles. The molecule has 0 unspecified atom stereocenters. The Kier molecular flexibility index (Phi) is 10.8. The van der Waals surface area contributed by atoms with Crippen molar-refractivity contribution in [2.75, 3.05) is 18.4 Å². The van der Waals surface area contributed by atoms with E-state index in [1.54, 1.807) is 0 Å². The third-order valence-electron chi connectivity index (χ3n) is 13.2. The molecule has 0 atom stereocenters. The number of Topliss-reactive ketones (excluding diaryl/α,β-unsaturated/α-hetero) is 2. The quantitative estimate of drug-likeness (QED) is 0.0677. The van der Waals surface area contributed by atoms with Gasteiger partial charge in [0.2, 0.25) is 17.2 Å². The van der Waals surface area contributed by atoms with Crippen molar-refractivity contribution in [2.45, 2.75) is 61.1 Å². The second kappa shape index (κ2) is 16.3. The first-order chi connectivity index (χ1) is 30.5. The van der Waals surface area contributed by atoms with E-state index in [-0.39, 0.29) is 23.1 Å². The Bertz CT molecular complexity index is 3210. The smallest absolute Gasteiger partial charge is 0.213 e. The Balaban J connectivity index is 0.000000160. The molecule has 6 aromatic rings. The maximum Gasteiger partial charge on any atom is 0.213 e. The summed E-state index contributed by atoms with van der Waals surface area (Å²) >= 11 is 3.52. The van der Waals surface area contributed by atoms with E-state index in [1.807, 2.05) is 119 Å². The van der Waals surface area contributed by atoms with Crippen LogP contribution >= 0.6 is 15.9 Å². The number of aromatic nitrogens is 2. The predicted molar refractivity (Wildman–Crippen MR) is 257 cm³/mol. The number of carbonyl (C=O) groups is 2. The molecule has 1 N–H and O–H groups in total. The van der Waals surface area contributed by atoms with Crippen molar-refractivity contribution in [1.29, 1.82) is 0 Å². The van der Waals surface area contributed by atoms with Crippen LogP contribution in [0.3, 0.4) is 0 Å². The first-order valence-electron chi connectivity index (χ1n) is 21.7. The van der Waals surface area contributed by atoms with Crippen molar-refractivity contribution in [1.82, 2.24) is 9.13 Å². The van der Waals surface area contributed by atoms with Crippen molar-refractivity contribution in [3.63, 3.8) is 0 Å². The highest BCUT2D eigenvalue weighted by Crippen LogP contribution is 2.49. The number of allylic oxidation sites excluding steroid dienone is 6. The van der Waals surface area contributed by atoms with Gasteiger partial charge in [-0.3, -0.25) is 9.59 Å². The number of halogens is 1. The average Bonchev–Trinajstić information content (AvgIpc) is 3.94. The third-order valence-corrected chi connectivity index (χ3v) is 13.8. The zero-order valence-electron chi connectivity index (χ0n) is 36.6. The highest BCUT2D eigenvalue weighted by atomic mass is 79.9. The largest absolute Gasteiger partial charge is 0.871 e. The van der Waals surface area contributed by atoms with Crippen molar-refractivity contribution in [3.05, 3.63) is 166 Å². The number of aliphatic hydroxyl groups is 1. The molecule has 4 aromatic carbocycles. The van der Waals surface area contributed by atoms with Crippen molar-refractivity contribution in [3.8, 4) is 0 Å². The van der Waals surface area contributed by atoms with Gasteiger partial charge in [-0.05, 0) is 58.0 Å². The lowest BCUT2D eigenvalue weighted by Gasteiger charge is -2.32. The van der Waals surface area contributed by atoms with Gasteiger partial charge >= 0.3 is 0 Å². The van der Waals surface area contributed by atoms with Gasteiger partial charge in [-0.15, -0.1) is 0 Å². The molecule has 4 aliphatic rings. The summed E-state index contributed by atoms with van der Waals surface area (Å²) < 4.78 is 8.73. The van der Waals surface area contributed by atoms with Crippen LogP contribution in [0.2, 0.25) is 0 Å². The Morgan fingerprint density at radius 3 is 1.60 bits per heavy atom. The first kappa shape index (κ1) is 41.8. The van der Waals surface area contributed by atoms with Gasteiger partial charge < -0.3 is 19.3 Å². The van der Waals surface area contributed by atoms with Crippen LogP contribution in [0.4, 0.5) is 11.4 Å². The summed E-state index contributed by atoms with van der Waals surface area (Å²) in [5.41, 5.74) is 14.9. The van der Waals surface area contributed by atoms with Crippen LogP contribution in [0.15, 0.2) is 132 Å². The lowest BCUT2D eigenvalue weighted by atomic mass is 9.78. The number of hydrogen-bond donors (Lipinski definition) is 1. The second-order valence-electron chi connectivity index (χ2n) is 16.3. The SMILES string of the molecule is C=CC[N+]1=C(C)C(=C2C(=O)C(c3c(C)n(CC)c4ccccc34)=C2[O-])c2ccccc21.CCn1c(C)c(C2=C(O)C(=C3C(C)=[N+](CCCBr)c4ccccc43)C2=O)c2ccccc21. The monoisotopic (exact) mass is 897 g/mol. The van der Waals surface area contributed by atoms with E-state index in [9.17, 15) is 19.8 Å². The minimum absolute atomic E-state index is 0.0731. The minimum atomic E-state index is -0.156. The normalized spacial score (nSPS) is 18.1. The third kappa shape index (κ3) is 6.15. The van der Waals surface area contributed by atoms with Crippen molar-refractivity contribution < 1.29 is 29.0 Å². The van der Waals surface area contributed by atoms with Crippen LogP contribution in [0.5, 0.6) is 0 Å². The average molecular weight is 899 g/mol. The van der Waals surface area contributed by atoms with E-state index in [0.717, 1.165) is 121 Å². The maximum atomic E-state index is 13.6. The van der Waals surface area contributed by atoms with Crippen molar-refractivity contribution >= 4 is 94.4 Å². The predicted octanol–water partition coefficient (Wildman–Crippen LogP) is 10.6. The van der Waals surface area contributed by atoms with E-state index in [0.29, 0.717) is 28.8 Å². The molecule has 0 saturated heterocycles. The molecule has 10 rings (SSSR count). The number of hydrogen-bond acceptors (Lipinski definition) is 4. The fraction of sp³-hybridized carbons (Fsp3) is 0.222. The number of rotatable bonds is 9. The standard InChI is InChI=1S/C27H25BrN2O2.C27H24N2O2/c1-4-29-16(2)22(18-10-5-7-12-20(18)29)24-26(31)25(27(24)32)23-17(3)30(15-9-14-28)21-13-8-6-11-19(21)23;1-5-15-29-17(4)23(19-12-8-10-14-21(19)29)25-26(30)24(27(25)31)22-16(3)28(6-2)20-13-9-7-11-18(20)22/h5-8,10-13H,4,9,14-15H2,1-3H3;5,7-14H,1,6,15H2,2-4H3/p+1. The molecule has 2 aliphatic heterocycles. The molecule has 9 heteroatoms. The molecule has 0 spiro atoms. The van der Waals surface area contributed by atoms with Crippen LogP contribution in [0, 0.1) is 13.8 Å². The number of alkyl halides is 1.